The van der Waals surface area contributed by atoms with Gasteiger partial charge < -0.3 is 14.2 Å². The van der Waals surface area contributed by atoms with Crippen LogP contribution >= 0.6 is 0 Å². The molecule has 0 saturated carbocycles. The molecule has 1 aromatic heterocycles. The number of esters is 1. The summed E-state index contributed by atoms with van der Waals surface area (Å²) in [6.45, 7) is 0. The van der Waals surface area contributed by atoms with Gasteiger partial charge in [0.25, 0.3) is 0 Å². The molecule has 0 aliphatic rings. The van der Waals surface area contributed by atoms with E-state index >= 15 is 0 Å². The van der Waals surface area contributed by atoms with Gasteiger partial charge in [0.2, 0.25) is 5.88 Å². The van der Waals surface area contributed by atoms with Gasteiger partial charge in [-0.2, -0.15) is 13.2 Å². The van der Waals surface area contributed by atoms with Crippen LogP contribution in [0.25, 0.3) is 0 Å². The van der Waals surface area contributed by atoms with E-state index in [9.17, 15) is 31.1 Å². The number of rotatable bonds is 3. The molecule has 0 unspecified atom stereocenters. The number of ether oxygens (including phenoxy) is 3. The number of alkyl halides is 6. The molecule has 0 bridgehead atoms. The van der Waals surface area contributed by atoms with Crippen LogP contribution in [0, 0.1) is 0 Å². The van der Waals surface area contributed by atoms with E-state index in [1.807, 2.05) is 0 Å². The Labute approximate surface area is 113 Å². The lowest BCUT2D eigenvalue weighted by Gasteiger charge is -2.16. The van der Waals surface area contributed by atoms with E-state index in [0.29, 0.717) is 0 Å². The van der Waals surface area contributed by atoms with Crippen molar-refractivity contribution in [1.29, 1.82) is 0 Å². The largest absolute Gasteiger partial charge is 0.573 e. The highest BCUT2D eigenvalue weighted by Crippen LogP contribution is 2.37. The first-order chi connectivity index (χ1) is 9.49. The standard InChI is InChI=1S/C10H7F6NO4/c1-19-7-6(8(18)20-2)4(21-10(14,15)16)3-5(17-7)9(11,12)13/h3H,1-2H3. The molecule has 1 aromatic rings. The quantitative estimate of drug-likeness (QED) is 0.633. The zero-order valence-corrected chi connectivity index (χ0v) is 10.4. The van der Waals surface area contributed by atoms with Crippen LogP contribution in [-0.2, 0) is 10.9 Å². The molecule has 0 atom stereocenters. The third-order valence-corrected chi connectivity index (χ3v) is 2.05. The lowest BCUT2D eigenvalue weighted by Crippen LogP contribution is -2.21. The Morgan fingerprint density at radius 1 is 1.14 bits per heavy atom. The number of pyridine rings is 1. The van der Waals surface area contributed by atoms with Crippen molar-refractivity contribution in [1.82, 2.24) is 4.98 Å². The SMILES string of the molecule is COC(=O)c1c(OC(F)(F)F)cc(C(F)(F)F)nc1OC. The maximum absolute atomic E-state index is 12.6. The molecule has 1 rings (SSSR count). The average Bonchev–Trinajstić information content (AvgIpc) is 2.33. The highest BCUT2D eigenvalue weighted by Gasteiger charge is 2.39. The summed E-state index contributed by atoms with van der Waals surface area (Å²) in [7, 11) is 1.64. The Bertz CT molecular complexity index is 540. The van der Waals surface area contributed by atoms with Gasteiger partial charge in [0.05, 0.1) is 14.2 Å². The minimum atomic E-state index is -5.32. The zero-order valence-electron chi connectivity index (χ0n) is 10.4. The van der Waals surface area contributed by atoms with Gasteiger partial charge in [0.1, 0.15) is 0 Å². The van der Waals surface area contributed by atoms with Crippen molar-refractivity contribution in [3.05, 3.63) is 17.3 Å². The van der Waals surface area contributed by atoms with Crippen molar-refractivity contribution in [3.63, 3.8) is 0 Å². The van der Waals surface area contributed by atoms with E-state index in [0.717, 1.165) is 14.2 Å². The molecule has 0 fully saturated rings. The number of nitrogens with zero attached hydrogens (tertiary/aromatic N) is 1. The van der Waals surface area contributed by atoms with Gasteiger partial charge in [-0.25, -0.2) is 9.78 Å². The second kappa shape index (κ2) is 5.66. The topological polar surface area (TPSA) is 57.7 Å². The second-order valence-corrected chi connectivity index (χ2v) is 3.43. The summed E-state index contributed by atoms with van der Waals surface area (Å²) in [6.07, 6.45) is -10.4. The summed E-state index contributed by atoms with van der Waals surface area (Å²) >= 11 is 0. The summed E-state index contributed by atoms with van der Waals surface area (Å²) < 4.78 is 86.4. The van der Waals surface area contributed by atoms with Crippen molar-refractivity contribution >= 4 is 5.97 Å². The molecule has 11 heteroatoms. The minimum absolute atomic E-state index is 0.0672. The molecule has 0 amide bonds. The Morgan fingerprint density at radius 2 is 1.71 bits per heavy atom. The van der Waals surface area contributed by atoms with Crippen LogP contribution in [0.2, 0.25) is 0 Å². The van der Waals surface area contributed by atoms with Crippen LogP contribution in [0.4, 0.5) is 26.3 Å². The van der Waals surface area contributed by atoms with Crippen molar-refractivity contribution < 1.29 is 45.3 Å². The van der Waals surface area contributed by atoms with Gasteiger partial charge in [-0.3, -0.25) is 0 Å². The van der Waals surface area contributed by atoms with E-state index in [1.165, 1.54) is 0 Å². The van der Waals surface area contributed by atoms with Gasteiger partial charge in [-0.15, -0.1) is 13.2 Å². The lowest BCUT2D eigenvalue weighted by molar-refractivity contribution is -0.275. The van der Waals surface area contributed by atoms with Gasteiger partial charge in [0.15, 0.2) is 17.0 Å². The lowest BCUT2D eigenvalue weighted by atomic mass is 10.2. The first-order valence-corrected chi connectivity index (χ1v) is 5.00. The fourth-order valence-electron chi connectivity index (χ4n) is 1.29. The molecule has 0 spiro atoms. The highest BCUT2D eigenvalue weighted by molar-refractivity contribution is 5.95. The van der Waals surface area contributed by atoms with E-state index in [-0.39, 0.29) is 6.07 Å². The molecule has 0 aliphatic carbocycles. The van der Waals surface area contributed by atoms with Crippen molar-refractivity contribution in [2.45, 2.75) is 12.5 Å². The third kappa shape index (κ3) is 4.13. The predicted molar refractivity (Wildman–Crippen MR) is 53.8 cm³/mol. The average molecular weight is 319 g/mol. The molecule has 1 heterocycles. The van der Waals surface area contributed by atoms with E-state index < -0.39 is 41.4 Å². The fourth-order valence-corrected chi connectivity index (χ4v) is 1.29. The van der Waals surface area contributed by atoms with Crippen LogP contribution in [0.15, 0.2) is 6.07 Å². The number of halogens is 6. The maximum atomic E-state index is 12.6. The van der Waals surface area contributed by atoms with Crippen LogP contribution < -0.4 is 9.47 Å². The summed E-state index contributed by atoms with van der Waals surface area (Å²) in [5, 5.41) is 0. The Hall–Kier alpha value is -2.20. The Morgan fingerprint density at radius 3 is 2.10 bits per heavy atom. The third-order valence-electron chi connectivity index (χ3n) is 2.05. The van der Waals surface area contributed by atoms with E-state index in [2.05, 4.69) is 19.2 Å². The summed E-state index contributed by atoms with van der Waals surface area (Å²) in [5.74, 6) is -3.82. The predicted octanol–water partition coefficient (Wildman–Crippen LogP) is 2.79. The molecule has 0 N–H and O–H groups in total. The molecule has 21 heavy (non-hydrogen) atoms. The first kappa shape index (κ1) is 16.9. The van der Waals surface area contributed by atoms with Crippen molar-refractivity contribution in [2.75, 3.05) is 14.2 Å². The summed E-state index contributed by atoms with van der Waals surface area (Å²) in [5.41, 5.74) is -2.73. The molecule has 0 saturated heterocycles. The number of hydrogen-bond acceptors (Lipinski definition) is 5. The fraction of sp³-hybridized carbons (Fsp3) is 0.400. The van der Waals surface area contributed by atoms with Gasteiger partial charge in [0, 0.05) is 6.07 Å². The maximum Gasteiger partial charge on any atom is 0.573 e. The van der Waals surface area contributed by atoms with E-state index in [4.69, 9.17) is 0 Å². The molecule has 0 aliphatic heterocycles. The molecular formula is C10H7F6NO4. The van der Waals surface area contributed by atoms with Gasteiger partial charge in [-0.1, -0.05) is 0 Å². The van der Waals surface area contributed by atoms with Gasteiger partial charge >= 0.3 is 18.5 Å². The summed E-state index contributed by atoms with van der Waals surface area (Å²) in [4.78, 5) is 14.3. The number of methoxy groups -OCH3 is 2. The van der Waals surface area contributed by atoms with Crippen molar-refractivity contribution in [2.24, 2.45) is 0 Å². The van der Waals surface area contributed by atoms with Crippen molar-refractivity contribution in [3.8, 4) is 11.6 Å². The van der Waals surface area contributed by atoms with Crippen LogP contribution in [0.5, 0.6) is 11.6 Å². The Balaban J connectivity index is 3.56. The molecule has 0 radical (unpaired) electrons. The second-order valence-electron chi connectivity index (χ2n) is 3.43. The van der Waals surface area contributed by atoms with E-state index in [1.54, 1.807) is 0 Å². The molecular weight excluding hydrogens is 312 g/mol. The normalized spacial score (nSPS) is 12.0. The van der Waals surface area contributed by atoms with Crippen LogP contribution in [0.3, 0.4) is 0 Å². The number of aromatic nitrogens is 1. The zero-order chi connectivity index (χ0) is 16.4. The minimum Gasteiger partial charge on any atom is -0.480 e. The highest BCUT2D eigenvalue weighted by atomic mass is 19.4. The first-order valence-electron chi connectivity index (χ1n) is 5.00. The van der Waals surface area contributed by atoms with Gasteiger partial charge in [-0.05, 0) is 0 Å². The number of hydrogen-bond donors (Lipinski definition) is 0. The molecule has 0 aromatic carbocycles. The monoisotopic (exact) mass is 319 g/mol. The molecule has 118 valence electrons. The molecule has 5 nitrogen and oxygen atoms in total. The number of carbonyl (C=O) groups is 1. The van der Waals surface area contributed by atoms with Crippen LogP contribution in [-0.4, -0.2) is 31.5 Å². The number of carbonyl (C=O) groups excluding carboxylic acids is 1. The van der Waals surface area contributed by atoms with Crippen LogP contribution in [0.1, 0.15) is 16.1 Å². The summed E-state index contributed by atoms with van der Waals surface area (Å²) in [6, 6.07) is -0.0672. The smallest absolute Gasteiger partial charge is 0.480 e. The Kier molecular flexibility index (Phi) is 4.54.